The molecule has 1 atom stereocenters. The third-order valence-electron chi connectivity index (χ3n) is 2.24. The number of hydrogen-bond acceptors (Lipinski definition) is 4. The number of nitrogens with zero attached hydrogens (tertiary/aromatic N) is 2. The van der Waals surface area contributed by atoms with Gasteiger partial charge >= 0.3 is 0 Å². The Morgan fingerprint density at radius 2 is 2.44 bits per heavy atom. The molecule has 86 valence electrons. The molecule has 2 heterocycles. The van der Waals surface area contributed by atoms with Crippen molar-refractivity contribution < 1.29 is 4.52 Å². The minimum Gasteiger partial charge on any atom is -0.339 e. The average molecular weight is 257 g/mol. The Balaban J connectivity index is 2.02. The predicted molar refractivity (Wildman–Crippen MR) is 64.9 cm³/mol. The first-order valence-electron chi connectivity index (χ1n) is 5.27. The zero-order valence-electron chi connectivity index (χ0n) is 9.02. The molecule has 0 N–H and O–H groups in total. The molecule has 0 aliphatic heterocycles. The van der Waals surface area contributed by atoms with Gasteiger partial charge in [0, 0.05) is 0 Å². The molecule has 0 amide bonds. The smallest absolute Gasteiger partial charge is 0.231 e. The fraction of sp³-hybridized carbons (Fsp3) is 0.455. The van der Waals surface area contributed by atoms with Gasteiger partial charge in [-0.25, -0.2) is 0 Å². The maximum atomic E-state index is 6.12. The Hall–Kier alpha value is -0.870. The largest absolute Gasteiger partial charge is 0.339 e. The van der Waals surface area contributed by atoms with Crippen molar-refractivity contribution >= 4 is 22.9 Å². The standard InChI is InChI=1S/C11H13ClN2OS/c1-2-3-9(12)11-13-10(15-14-11)6-8-4-5-16-7-8/h4-5,7,9H,2-3,6H2,1H3. The Bertz CT molecular complexity index is 427. The fourth-order valence-corrected chi connectivity index (χ4v) is 2.39. The second-order valence-corrected chi connectivity index (χ2v) is 4.92. The number of aromatic nitrogens is 2. The number of halogens is 1. The minimum atomic E-state index is -0.134. The van der Waals surface area contributed by atoms with Crippen molar-refractivity contribution in [3.05, 3.63) is 34.1 Å². The molecule has 2 aromatic rings. The molecule has 0 aliphatic carbocycles. The highest BCUT2D eigenvalue weighted by molar-refractivity contribution is 7.07. The third-order valence-corrected chi connectivity index (χ3v) is 3.39. The highest BCUT2D eigenvalue weighted by Gasteiger charge is 2.14. The van der Waals surface area contributed by atoms with Gasteiger partial charge in [-0.05, 0) is 28.8 Å². The first kappa shape index (κ1) is 11.6. The van der Waals surface area contributed by atoms with Gasteiger partial charge in [0.2, 0.25) is 5.89 Å². The van der Waals surface area contributed by atoms with Crippen LogP contribution in [0.1, 0.15) is 42.4 Å². The number of rotatable bonds is 5. The maximum absolute atomic E-state index is 6.12. The van der Waals surface area contributed by atoms with Crippen molar-refractivity contribution in [3.63, 3.8) is 0 Å². The van der Waals surface area contributed by atoms with E-state index in [4.69, 9.17) is 16.1 Å². The molecule has 2 aromatic heterocycles. The van der Waals surface area contributed by atoms with E-state index in [1.807, 2.05) is 5.38 Å². The van der Waals surface area contributed by atoms with Crippen molar-refractivity contribution in [3.8, 4) is 0 Å². The van der Waals surface area contributed by atoms with Gasteiger partial charge in [0.25, 0.3) is 0 Å². The Morgan fingerprint density at radius 3 is 3.12 bits per heavy atom. The lowest BCUT2D eigenvalue weighted by molar-refractivity contribution is 0.378. The topological polar surface area (TPSA) is 38.9 Å². The van der Waals surface area contributed by atoms with Crippen LogP contribution in [0.15, 0.2) is 21.3 Å². The summed E-state index contributed by atoms with van der Waals surface area (Å²) in [6.45, 7) is 2.09. The van der Waals surface area contributed by atoms with Gasteiger partial charge in [0.1, 0.15) is 0 Å². The molecule has 0 fully saturated rings. The summed E-state index contributed by atoms with van der Waals surface area (Å²) >= 11 is 7.78. The van der Waals surface area contributed by atoms with E-state index < -0.39 is 0 Å². The van der Waals surface area contributed by atoms with E-state index in [-0.39, 0.29) is 5.38 Å². The SMILES string of the molecule is CCCC(Cl)c1noc(Cc2ccsc2)n1. The lowest BCUT2D eigenvalue weighted by atomic mass is 10.2. The molecule has 0 saturated heterocycles. The van der Waals surface area contributed by atoms with Gasteiger partial charge in [0.15, 0.2) is 5.82 Å². The molecular formula is C11H13ClN2OS. The van der Waals surface area contributed by atoms with Crippen LogP contribution in [0, 0.1) is 0 Å². The molecule has 1 unspecified atom stereocenters. The van der Waals surface area contributed by atoms with Gasteiger partial charge in [-0.3, -0.25) is 0 Å². The summed E-state index contributed by atoms with van der Waals surface area (Å²) in [5.74, 6) is 1.24. The third kappa shape index (κ3) is 2.83. The van der Waals surface area contributed by atoms with Crippen LogP contribution >= 0.6 is 22.9 Å². The molecule has 0 aromatic carbocycles. The van der Waals surface area contributed by atoms with Crippen molar-refractivity contribution in [2.75, 3.05) is 0 Å². The van der Waals surface area contributed by atoms with E-state index in [9.17, 15) is 0 Å². The zero-order valence-corrected chi connectivity index (χ0v) is 10.6. The Labute approximate surface area is 103 Å². The van der Waals surface area contributed by atoms with Crippen molar-refractivity contribution in [2.24, 2.45) is 0 Å². The normalized spacial score (nSPS) is 12.9. The summed E-state index contributed by atoms with van der Waals surface area (Å²) < 4.78 is 5.16. The van der Waals surface area contributed by atoms with Crippen molar-refractivity contribution in [2.45, 2.75) is 31.6 Å². The van der Waals surface area contributed by atoms with Gasteiger partial charge in [-0.1, -0.05) is 18.5 Å². The first-order chi connectivity index (χ1) is 7.79. The number of thiophene rings is 1. The van der Waals surface area contributed by atoms with E-state index in [0.717, 1.165) is 12.8 Å². The number of hydrogen-bond donors (Lipinski definition) is 0. The van der Waals surface area contributed by atoms with Crippen molar-refractivity contribution in [1.29, 1.82) is 0 Å². The lowest BCUT2D eigenvalue weighted by Crippen LogP contribution is -1.93. The maximum Gasteiger partial charge on any atom is 0.231 e. The molecule has 3 nitrogen and oxygen atoms in total. The monoisotopic (exact) mass is 256 g/mol. The summed E-state index contributed by atoms with van der Waals surface area (Å²) in [6.07, 6.45) is 2.58. The molecule has 0 bridgehead atoms. The highest BCUT2D eigenvalue weighted by atomic mass is 35.5. The van der Waals surface area contributed by atoms with Crippen LogP contribution in [0.3, 0.4) is 0 Å². The van der Waals surface area contributed by atoms with Crippen molar-refractivity contribution in [1.82, 2.24) is 10.1 Å². The van der Waals surface area contributed by atoms with Crippen LogP contribution < -0.4 is 0 Å². The minimum absolute atomic E-state index is 0.134. The molecule has 16 heavy (non-hydrogen) atoms. The van der Waals surface area contributed by atoms with Gasteiger partial charge in [-0.15, -0.1) is 11.6 Å². The summed E-state index contributed by atoms with van der Waals surface area (Å²) in [7, 11) is 0. The Morgan fingerprint density at radius 1 is 1.56 bits per heavy atom. The van der Waals surface area contributed by atoms with Gasteiger partial charge in [0.05, 0.1) is 11.8 Å². The van der Waals surface area contributed by atoms with E-state index >= 15 is 0 Å². The average Bonchev–Trinajstić information content (AvgIpc) is 2.90. The Kier molecular flexibility index (Phi) is 3.96. The lowest BCUT2D eigenvalue weighted by Gasteiger charge is -1.99. The fourth-order valence-electron chi connectivity index (χ4n) is 1.42. The second kappa shape index (κ2) is 5.46. The second-order valence-electron chi connectivity index (χ2n) is 3.61. The quantitative estimate of drug-likeness (QED) is 0.764. The molecule has 0 saturated carbocycles. The van der Waals surface area contributed by atoms with Crippen LogP contribution in [0.2, 0.25) is 0 Å². The van der Waals surface area contributed by atoms with Gasteiger partial charge in [-0.2, -0.15) is 16.3 Å². The van der Waals surface area contributed by atoms with Crippen LogP contribution in [0.4, 0.5) is 0 Å². The van der Waals surface area contributed by atoms with E-state index in [1.54, 1.807) is 11.3 Å². The van der Waals surface area contributed by atoms with E-state index in [2.05, 4.69) is 28.5 Å². The first-order valence-corrected chi connectivity index (χ1v) is 6.65. The van der Waals surface area contributed by atoms with Crippen LogP contribution in [-0.4, -0.2) is 10.1 Å². The zero-order chi connectivity index (χ0) is 11.4. The summed E-state index contributed by atoms with van der Waals surface area (Å²) in [5, 5.41) is 7.88. The van der Waals surface area contributed by atoms with Crippen LogP contribution in [0.5, 0.6) is 0 Å². The highest BCUT2D eigenvalue weighted by Crippen LogP contribution is 2.23. The molecular weight excluding hydrogens is 244 g/mol. The van der Waals surface area contributed by atoms with E-state index in [1.165, 1.54) is 5.56 Å². The predicted octanol–water partition coefficient (Wildman–Crippen LogP) is 3.80. The molecule has 0 spiro atoms. The summed E-state index contributed by atoms with van der Waals surface area (Å²) in [4.78, 5) is 4.30. The molecule has 0 radical (unpaired) electrons. The molecule has 2 rings (SSSR count). The molecule has 0 aliphatic rings. The summed E-state index contributed by atoms with van der Waals surface area (Å²) in [6, 6.07) is 2.05. The molecule has 5 heteroatoms. The van der Waals surface area contributed by atoms with Crippen LogP contribution in [-0.2, 0) is 6.42 Å². The summed E-state index contributed by atoms with van der Waals surface area (Å²) in [5.41, 5.74) is 1.20. The van der Waals surface area contributed by atoms with Gasteiger partial charge < -0.3 is 4.52 Å². The number of alkyl halides is 1. The van der Waals surface area contributed by atoms with E-state index in [0.29, 0.717) is 18.1 Å². The van der Waals surface area contributed by atoms with Crippen LogP contribution in [0.25, 0.3) is 0 Å².